The summed E-state index contributed by atoms with van der Waals surface area (Å²) in [6.45, 7) is 1.70. The van der Waals surface area contributed by atoms with Gasteiger partial charge in [-0.05, 0) is 31.2 Å². The lowest BCUT2D eigenvalue weighted by Crippen LogP contribution is -2.43. The normalized spacial score (nSPS) is 22.5. The largest absolute Gasteiger partial charge is 0.470 e. The van der Waals surface area contributed by atoms with Crippen molar-refractivity contribution in [3.8, 4) is 17.4 Å². The maximum atomic E-state index is 14.8. The number of halogens is 5. The number of allylic oxidation sites excluding steroid dienone is 2. The molecule has 1 unspecified atom stereocenters. The van der Waals surface area contributed by atoms with E-state index < -0.39 is 47.2 Å². The van der Waals surface area contributed by atoms with Crippen molar-refractivity contribution in [3.63, 3.8) is 0 Å². The number of carbonyl (C=O) groups excluding carboxylic acids is 2. The van der Waals surface area contributed by atoms with Crippen molar-refractivity contribution in [2.75, 3.05) is 13.7 Å². The van der Waals surface area contributed by atoms with E-state index in [4.69, 9.17) is 30.5 Å². The number of benzene rings is 1. The summed E-state index contributed by atoms with van der Waals surface area (Å²) in [6.07, 6.45) is -4.21. The predicted octanol–water partition coefficient (Wildman–Crippen LogP) is 4.34. The minimum atomic E-state index is -4.94. The Morgan fingerprint density at radius 3 is 2.57 bits per heavy atom. The van der Waals surface area contributed by atoms with Crippen molar-refractivity contribution in [2.45, 2.75) is 31.6 Å². The van der Waals surface area contributed by atoms with E-state index >= 15 is 0 Å². The molecule has 2 aromatic rings. The molecule has 35 heavy (non-hydrogen) atoms. The van der Waals surface area contributed by atoms with Gasteiger partial charge in [-0.25, -0.2) is 9.37 Å². The van der Waals surface area contributed by atoms with E-state index in [1.54, 1.807) is 6.92 Å². The van der Waals surface area contributed by atoms with Crippen LogP contribution in [0.2, 0.25) is 5.02 Å². The maximum absolute atomic E-state index is 14.8. The molecular weight excluding hydrogens is 500 g/mol. The number of nitrogens with zero attached hydrogens (tertiary/aromatic N) is 2. The molecule has 2 aliphatic heterocycles. The summed E-state index contributed by atoms with van der Waals surface area (Å²) in [5.74, 6) is -5.52. The van der Waals surface area contributed by atoms with Gasteiger partial charge in [0, 0.05) is 24.9 Å². The van der Waals surface area contributed by atoms with Crippen LogP contribution in [-0.4, -0.2) is 54.0 Å². The van der Waals surface area contributed by atoms with Crippen LogP contribution in [0.15, 0.2) is 42.2 Å². The van der Waals surface area contributed by atoms with E-state index in [1.165, 1.54) is 18.3 Å². The van der Waals surface area contributed by atoms with Gasteiger partial charge < -0.3 is 23.8 Å². The molecule has 0 spiro atoms. The Kier molecular flexibility index (Phi) is 6.71. The second kappa shape index (κ2) is 9.44. The van der Waals surface area contributed by atoms with E-state index in [9.17, 15) is 27.2 Å². The molecule has 13 heteroatoms. The molecule has 3 heterocycles. The van der Waals surface area contributed by atoms with Crippen LogP contribution in [-0.2, 0) is 19.1 Å². The highest BCUT2D eigenvalue weighted by Crippen LogP contribution is 2.40. The highest BCUT2D eigenvalue weighted by Gasteiger charge is 2.46. The van der Waals surface area contributed by atoms with Gasteiger partial charge in [0.05, 0.1) is 5.02 Å². The molecule has 1 amide bonds. The second-order valence-electron chi connectivity index (χ2n) is 7.55. The lowest BCUT2D eigenvalue weighted by Gasteiger charge is -2.33. The van der Waals surface area contributed by atoms with Crippen molar-refractivity contribution >= 4 is 23.3 Å². The number of pyridine rings is 1. The Bertz CT molecular complexity index is 1200. The van der Waals surface area contributed by atoms with Crippen LogP contribution < -0.4 is 9.47 Å². The van der Waals surface area contributed by atoms with Gasteiger partial charge in [0.15, 0.2) is 24.1 Å². The smallest absolute Gasteiger partial charge is 0.431 e. The van der Waals surface area contributed by atoms with Gasteiger partial charge in [0.2, 0.25) is 5.91 Å². The topological polar surface area (TPSA) is 87.2 Å². The summed E-state index contributed by atoms with van der Waals surface area (Å²) in [6, 6.07) is 4.76. The van der Waals surface area contributed by atoms with Gasteiger partial charge in [0.25, 0.3) is 5.88 Å². The molecule has 0 saturated carbocycles. The van der Waals surface area contributed by atoms with Crippen molar-refractivity contribution in [1.82, 2.24) is 9.88 Å². The fourth-order valence-electron chi connectivity index (χ4n) is 3.50. The SMILES string of the molecule is CC1OC(COc2ncccc2Oc2cc(C3C(=O)C=C(C(F)(F)F)N(C)C3=O)c(F)cc2Cl)O1. The number of amides is 1. The van der Waals surface area contributed by atoms with Crippen LogP contribution in [0.25, 0.3) is 0 Å². The third kappa shape index (κ3) is 5.09. The van der Waals surface area contributed by atoms with Crippen LogP contribution in [0.5, 0.6) is 17.4 Å². The molecule has 1 atom stereocenters. The molecule has 186 valence electrons. The average molecular weight is 517 g/mol. The summed E-state index contributed by atoms with van der Waals surface area (Å²) in [4.78, 5) is 29.4. The van der Waals surface area contributed by atoms with Crippen molar-refractivity contribution in [1.29, 1.82) is 0 Å². The summed E-state index contributed by atoms with van der Waals surface area (Å²) in [7, 11) is 0.849. The van der Waals surface area contributed by atoms with Gasteiger partial charge >= 0.3 is 6.18 Å². The number of likely N-dealkylation sites (N-methyl/N-ethyl adjacent to an activating group) is 1. The second-order valence-corrected chi connectivity index (χ2v) is 7.96. The number of ether oxygens (including phenoxy) is 4. The third-order valence-electron chi connectivity index (χ3n) is 5.15. The lowest BCUT2D eigenvalue weighted by atomic mass is 9.89. The van der Waals surface area contributed by atoms with Gasteiger partial charge in [-0.15, -0.1) is 0 Å². The Hall–Kier alpha value is -3.22. The summed E-state index contributed by atoms with van der Waals surface area (Å²) in [5, 5.41) is -0.226. The Balaban J connectivity index is 1.62. The highest BCUT2D eigenvalue weighted by molar-refractivity contribution is 6.32. The first-order valence-electron chi connectivity index (χ1n) is 10.1. The number of hydrogen-bond acceptors (Lipinski definition) is 7. The van der Waals surface area contributed by atoms with Crippen LogP contribution in [0.3, 0.4) is 0 Å². The summed E-state index contributed by atoms with van der Waals surface area (Å²) >= 11 is 6.10. The van der Waals surface area contributed by atoms with Crippen molar-refractivity contribution < 1.29 is 46.1 Å². The van der Waals surface area contributed by atoms with E-state index in [-0.39, 0.29) is 46.3 Å². The van der Waals surface area contributed by atoms with Gasteiger partial charge in [-0.3, -0.25) is 9.59 Å². The zero-order chi connectivity index (χ0) is 25.5. The molecule has 0 bridgehead atoms. The quantitative estimate of drug-likeness (QED) is 0.417. The Morgan fingerprint density at radius 2 is 1.91 bits per heavy atom. The molecular formula is C22H17ClF4N2O6. The minimum absolute atomic E-state index is 0.00853. The standard InChI is InChI=1S/C22H17ClF4N2O6/c1-10-33-18(34-10)9-32-20-15(4-3-5-28-20)35-16-6-11(13(24)7-12(16)23)19-14(30)8-17(22(25,26)27)29(2)21(19)31/h3-8,10,18-19H,9H2,1-2H3. The number of rotatable bonds is 6. The monoisotopic (exact) mass is 516 g/mol. The van der Waals surface area contributed by atoms with Crippen LogP contribution >= 0.6 is 11.6 Å². The van der Waals surface area contributed by atoms with E-state index in [1.807, 2.05) is 0 Å². The third-order valence-corrected chi connectivity index (χ3v) is 5.45. The number of alkyl halides is 3. The number of ketones is 1. The van der Waals surface area contributed by atoms with Crippen molar-refractivity contribution in [2.24, 2.45) is 0 Å². The van der Waals surface area contributed by atoms with E-state index in [2.05, 4.69) is 4.98 Å². The first-order chi connectivity index (χ1) is 16.5. The van der Waals surface area contributed by atoms with E-state index in [0.29, 0.717) is 0 Å². The zero-order valence-corrected chi connectivity index (χ0v) is 18.9. The van der Waals surface area contributed by atoms with Gasteiger partial charge in [-0.2, -0.15) is 13.2 Å². The van der Waals surface area contributed by atoms with Crippen LogP contribution in [0.1, 0.15) is 18.4 Å². The maximum Gasteiger partial charge on any atom is 0.431 e. The first-order valence-corrected chi connectivity index (χ1v) is 10.5. The molecule has 1 saturated heterocycles. The molecule has 8 nitrogen and oxygen atoms in total. The summed E-state index contributed by atoms with van der Waals surface area (Å²) in [5.41, 5.74) is -1.94. The van der Waals surface area contributed by atoms with Crippen molar-refractivity contribution in [3.05, 3.63) is 58.6 Å². The minimum Gasteiger partial charge on any atom is -0.470 e. The number of carbonyl (C=O) groups is 2. The summed E-state index contributed by atoms with van der Waals surface area (Å²) < 4.78 is 76.0. The molecule has 4 rings (SSSR count). The molecule has 0 aliphatic carbocycles. The predicted molar refractivity (Wildman–Crippen MR) is 111 cm³/mol. The first kappa shape index (κ1) is 24.9. The van der Waals surface area contributed by atoms with Crippen LogP contribution in [0.4, 0.5) is 17.6 Å². The average Bonchev–Trinajstić information content (AvgIpc) is 2.76. The molecule has 2 aliphatic rings. The fraction of sp³-hybridized carbons (Fsp3) is 0.318. The molecule has 1 aromatic heterocycles. The molecule has 1 aromatic carbocycles. The highest BCUT2D eigenvalue weighted by atomic mass is 35.5. The molecule has 1 fully saturated rings. The van der Waals surface area contributed by atoms with Gasteiger partial charge in [0.1, 0.15) is 29.8 Å². The fourth-order valence-corrected chi connectivity index (χ4v) is 3.68. The Labute approximate surface area is 201 Å². The van der Waals surface area contributed by atoms with Gasteiger partial charge in [-0.1, -0.05) is 11.6 Å². The number of aromatic nitrogens is 1. The lowest BCUT2D eigenvalue weighted by molar-refractivity contribution is -0.380. The van der Waals surface area contributed by atoms with Crippen LogP contribution in [0, 0.1) is 5.82 Å². The Morgan fingerprint density at radius 1 is 1.20 bits per heavy atom. The van der Waals surface area contributed by atoms with E-state index in [0.717, 1.165) is 19.2 Å². The number of hydrogen-bond donors (Lipinski definition) is 0. The molecule has 0 N–H and O–H groups in total. The zero-order valence-electron chi connectivity index (χ0n) is 18.1. The molecule has 0 radical (unpaired) electrons.